The summed E-state index contributed by atoms with van der Waals surface area (Å²) in [5, 5.41) is 14.0. The Hall–Kier alpha value is -1.98. The molecule has 2 aromatic heterocycles. The fourth-order valence-corrected chi connectivity index (χ4v) is 0.661. The van der Waals surface area contributed by atoms with E-state index in [1.165, 1.54) is 12.4 Å². The molecule has 0 atom stereocenters. The van der Waals surface area contributed by atoms with Crippen molar-refractivity contribution in [3.05, 3.63) is 23.8 Å². The molecule has 0 aromatic carbocycles. The summed E-state index contributed by atoms with van der Waals surface area (Å²) in [6.07, 6.45) is 6.36. The van der Waals surface area contributed by atoms with Gasteiger partial charge in [-0.2, -0.15) is 0 Å². The van der Waals surface area contributed by atoms with E-state index in [-0.39, 0.29) is 0 Å². The van der Waals surface area contributed by atoms with E-state index >= 15 is 0 Å². The van der Waals surface area contributed by atoms with Crippen LogP contribution in [-0.4, -0.2) is 20.6 Å². The summed E-state index contributed by atoms with van der Waals surface area (Å²) in [5.74, 6) is 0. The van der Waals surface area contributed by atoms with Gasteiger partial charge in [-0.3, -0.25) is 0 Å². The Labute approximate surface area is 66.8 Å². The molecular weight excluding hydrogens is 160 g/mol. The van der Waals surface area contributed by atoms with Crippen LogP contribution in [0.5, 0.6) is 0 Å². The highest BCUT2D eigenvalue weighted by molar-refractivity contribution is 5.64. The molecule has 6 heteroatoms. The molecule has 0 radical (unpaired) electrons. The highest BCUT2D eigenvalue weighted by Gasteiger charge is 1.93. The Morgan fingerprint density at radius 3 is 1.75 bits per heavy atom. The van der Waals surface area contributed by atoms with Gasteiger partial charge in [0.25, 0.3) is 0 Å². The topological polar surface area (TPSA) is 77.8 Å². The van der Waals surface area contributed by atoms with E-state index < -0.39 is 0 Å². The second kappa shape index (κ2) is 2.95. The van der Waals surface area contributed by atoms with Crippen molar-refractivity contribution < 1.29 is 9.26 Å². The molecule has 0 spiro atoms. The minimum atomic E-state index is 0.623. The van der Waals surface area contributed by atoms with Gasteiger partial charge in [-0.1, -0.05) is 20.6 Å². The summed E-state index contributed by atoms with van der Waals surface area (Å²) in [4.78, 5) is 0. The largest absolute Gasteiger partial charge is 0.244 e. The molecule has 0 aliphatic rings. The molecule has 0 unspecified atom stereocenters. The first-order valence-electron chi connectivity index (χ1n) is 3.18. The lowest BCUT2D eigenvalue weighted by Crippen LogP contribution is -1.69. The fourth-order valence-electron chi connectivity index (χ4n) is 0.661. The van der Waals surface area contributed by atoms with E-state index in [9.17, 15) is 0 Å². The first kappa shape index (κ1) is 6.71. The zero-order valence-electron chi connectivity index (χ0n) is 5.91. The molecular formula is C6H4N4O2. The van der Waals surface area contributed by atoms with Crippen molar-refractivity contribution in [3.63, 3.8) is 0 Å². The highest BCUT2D eigenvalue weighted by Crippen LogP contribution is 2.00. The average molecular weight is 164 g/mol. The van der Waals surface area contributed by atoms with Crippen LogP contribution in [0.15, 0.2) is 21.7 Å². The molecule has 0 bridgehead atoms. The molecule has 0 saturated heterocycles. The molecule has 2 rings (SSSR count). The van der Waals surface area contributed by atoms with Crippen molar-refractivity contribution in [2.45, 2.75) is 0 Å². The predicted molar refractivity (Wildman–Crippen MR) is 37.5 cm³/mol. The van der Waals surface area contributed by atoms with Crippen molar-refractivity contribution >= 4 is 12.2 Å². The summed E-state index contributed by atoms with van der Waals surface area (Å²) in [6, 6.07) is 0. The molecule has 0 N–H and O–H groups in total. The van der Waals surface area contributed by atoms with Crippen LogP contribution in [-0.2, 0) is 0 Å². The van der Waals surface area contributed by atoms with Gasteiger partial charge >= 0.3 is 0 Å². The lowest BCUT2D eigenvalue weighted by Gasteiger charge is -1.75. The molecule has 60 valence electrons. The van der Waals surface area contributed by atoms with Crippen LogP contribution in [0.25, 0.3) is 12.2 Å². The Bertz CT molecular complexity index is 315. The van der Waals surface area contributed by atoms with Crippen LogP contribution in [0.4, 0.5) is 0 Å². The molecule has 6 nitrogen and oxygen atoms in total. The minimum absolute atomic E-state index is 0.623. The third-order valence-corrected chi connectivity index (χ3v) is 1.18. The Kier molecular flexibility index (Phi) is 1.65. The van der Waals surface area contributed by atoms with E-state index in [4.69, 9.17) is 0 Å². The summed E-state index contributed by atoms with van der Waals surface area (Å²) in [7, 11) is 0. The van der Waals surface area contributed by atoms with Crippen molar-refractivity contribution in [3.8, 4) is 0 Å². The average Bonchev–Trinajstić information content (AvgIpc) is 2.74. The summed E-state index contributed by atoms with van der Waals surface area (Å²) < 4.78 is 8.75. The number of rotatable bonds is 2. The molecule has 2 aromatic rings. The van der Waals surface area contributed by atoms with Crippen LogP contribution in [0.2, 0.25) is 0 Å². The van der Waals surface area contributed by atoms with Crippen molar-refractivity contribution in [2.75, 3.05) is 0 Å². The first-order chi connectivity index (χ1) is 5.95. The van der Waals surface area contributed by atoms with Gasteiger partial charge in [-0.15, -0.1) is 0 Å². The Balaban J connectivity index is 2.14. The molecule has 2 heterocycles. The quantitative estimate of drug-likeness (QED) is 0.647. The van der Waals surface area contributed by atoms with Gasteiger partial charge in [-0.05, 0) is 12.2 Å². The van der Waals surface area contributed by atoms with Crippen molar-refractivity contribution in [1.82, 2.24) is 20.6 Å². The maximum atomic E-state index is 4.37. The fraction of sp³-hybridized carbons (Fsp3) is 0. The van der Waals surface area contributed by atoms with Crippen molar-refractivity contribution in [1.29, 1.82) is 0 Å². The zero-order chi connectivity index (χ0) is 8.23. The maximum absolute atomic E-state index is 4.37. The van der Waals surface area contributed by atoms with Gasteiger partial charge in [-0.25, -0.2) is 9.26 Å². The number of aromatic nitrogens is 4. The normalized spacial score (nSPS) is 11.0. The van der Waals surface area contributed by atoms with Gasteiger partial charge in [0.2, 0.25) is 0 Å². The third-order valence-electron chi connectivity index (χ3n) is 1.18. The van der Waals surface area contributed by atoms with E-state index in [0.29, 0.717) is 11.4 Å². The Morgan fingerprint density at radius 2 is 1.42 bits per heavy atom. The lowest BCUT2D eigenvalue weighted by atomic mass is 10.3. The molecule has 12 heavy (non-hydrogen) atoms. The predicted octanol–water partition coefficient (Wildman–Crippen LogP) is 0.623. The number of hydrogen-bond acceptors (Lipinski definition) is 6. The van der Waals surface area contributed by atoms with Crippen LogP contribution in [0.1, 0.15) is 11.4 Å². The van der Waals surface area contributed by atoms with Crippen LogP contribution in [0, 0.1) is 0 Å². The molecule has 0 amide bonds. The van der Waals surface area contributed by atoms with Gasteiger partial charge in [0, 0.05) is 0 Å². The van der Waals surface area contributed by atoms with Crippen LogP contribution >= 0.6 is 0 Å². The molecule has 0 saturated carbocycles. The second-order valence-corrected chi connectivity index (χ2v) is 2.00. The second-order valence-electron chi connectivity index (χ2n) is 2.00. The number of hydrogen-bond donors (Lipinski definition) is 0. The summed E-state index contributed by atoms with van der Waals surface area (Å²) >= 11 is 0. The summed E-state index contributed by atoms with van der Waals surface area (Å²) in [6.45, 7) is 0. The first-order valence-corrected chi connectivity index (χ1v) is 3.18. The van der Waals surface area contributed by atoms with Gasteiger partial charge in [0.1, 0.15) is 11.4 Å². The van der Waals surface area contributed by atoms with Crippen LogP contribution < -0.4 is 0 Å². The van der Waals surface area contributed by atoms with Crippen molar-refractivity contribution in [2.24, 2.45) is 0 Å². The Morgan fingerprint density at radius 1 is 0.917 bits per heavy atom. The maximum Gasteiger partial charge on any atom is 0.127 e. The third kappa shape index (κ3) is 1.36. The van der Waals surface area contributed by atoms with E-state index in [1.54, 1.807) is 12.2 Å². The van der Waals surface area contributed by atoms with Crippen LogP contribution in [0.3, 0.4) is 0 Å². The smallest absolute Gasteiger partial charge is 0.127 e. The van der Waals surface area contributed by atoms with Gasteiger partial charge in [0.05, 0.1) is 12.4 Å². The zero-order valence-corrected chi connectivity index (χ0v) is 5.91. The number of nitrogens with zero attached hydrogens (tertiary/aromatic N) is 4. The lowest BCUT2D eigenvalue weighted by molar-refractivity contribution is 0.306. The SMILES string of the molecule is C(=C\c1cnon1)/c1cnon1. The summed E-state index contributed by atoms with van der Waals surface area (Å²) in [5.41, 5.74) is 1.25. The van der Waals surface area contributed by atoms with Gasteiger partial charge < -0.3 is 0 Å². The van der Waals surface area contributed by atoms with Gasteiger partial charge in [0.15, 0.2) is 0 Å². The minimum Gasteiger partial charge on any atom is -0.244 e. The van der Waals surface area contributed by atoms with E-state index in [0.717, 1.165) is 0 Å². The van der Waals surface area contributed by atoms with E-state index in [1.807, 2.05) is 0 Å². The molecule has 0 aliphatic carbocycles. The van der Waals surface area contributed by atoms with E-state index in [2.05, 4.69) is 29.9 Å². The molecule has 0 fully saturated rings. The highest BCUT2D eigenvalue weighted by atomic mass is 16.6. The monoisotopic (exact) mass is 164 g/mol. The molecule has 0 aliphatic heterocycles. The standard InChI is InChI=1S/C6H4N4O2/c1(5-3-7-11-9-5)2-6-4-8-12-10-6/h1-4H/b2-1+.